The van der Waals surface area contributed by atoms with E-state index in [1.807, 2.05) is 18.7 Å². The van der Waals surface area contributed by atoms with E-state index in [1.165, 1.54) is 0 Å². The van der Waals surface area contributed by atoms with Crippen LogP contribution >= 0.6 is 0 Å². The number of aryl methyl sites for hydroxylation is 1. The molecule has 0 atom stereocenters. The van der Waals surface area contributed by atoms with E-state index < -0.39 is 0 Å². The maximum Gasteiger partial charge on any atom is 0.236 e. The van der Waals surface area contributed by atoms with Crippen LogP contribution in [0.15, 0.2) is 10.6 Å². The fourth-order valence-electron chi connectivity index (χ4n) is 2.93. The van der Waals surface area contributed by atoms with E-state index in [2.05, 4.69) is 20.3 Å². The molecule has 2 rings (SSSR count). The van der Waals surface area contributed by atoms with Crippen molar-refractivity contribution >= 4 is 17.6 Å². The number of piperazine rings is 1. The monoisotopic (exact) mass is 351 g/mol. The number of nitrogens with one attached hydrogen (secondary N) is 1. The molecule has 1 saturated heterocycles. The van der Waals surface area contributed by atoms with Crippen molar-refractivity contribution in [3.8, 4) is 0 Å². The number of hydrogen-bond acceptors (Lipinski definition) is 6. The molecule has 25 heavy (non-hydrogen) atoms. The molecule has 0 saturated carbocycles. The molecular weight excluding hydrogens is 322 g/mol. The number of carbonyl (C=O) groups is 2. The highest BCUT2D eigenvalue weighted by Crippen LogP contribution is 2.08. The van der Waals surface area contributed by atoms with Crippen LogP contribution < -0.4 is 5.32 Å². The summed E-state index contributed by atoms with van der Waals surface area (Å²) >= 11 is 0. The first-order valence-electron chi connectivity index (χ1n) is 8.97. The number of amides is 2. The summed E-state index contributed by atoms with van der Waals surface area (Å²) in [5, 5.41) is 6.48. The minimum atomic E-state index is -0.0626. The van der Waals surface area contributed by atoms with Crippen molar-refractivity contribution in [1.82, 2.24) is 19.9 Å². The number of anilines is 1. The Morgan fingerprint density at radius 3 is 2.40 bits per heavy atom. The molecule has 0 bridgehead atoms. The first kappa shape index (κ1) is 19.4. The molecular formula is C17H29N5O3. The quantitative estimate of drug-likeness (QED) is 0.746. The van der Waals surface area contributed by atoms with E-state index in [4.69, 9.17) is 4.52 Å². The molecule has 2 heterocycles. The van der Waals surface area contributed by atoms with Crippen LogP contribution in [0.2, 0.25) is 0 Å². The Morgan fingerprint density at radius 2 is 1.84 bits per heavy atom. The first-order chi connectivity index (χ1) is 12.0. The normalized spacial score (nSPS) is 16.0. The van der Waals surface area contributed by atoms with Gasteiger partial charge in [-0.25, -0.2) is 0 Å². The van der Waals surface area contributed by atoms with Crippen molar-refractivity contribution in [1.29, 1.82) is 0 Å². The van der Waals surface area contributed by atoms with Gasteiger partial charge >= 0.3 is 0 Å². The molecule has 8 nitrogen and oxygen atoms in total. The molecule has 8 heteroatoms. The molecule has 140 valence electrons. The predicted octanol–water partition coefficient (Wildman–Crippen LogP) is 0.798. The highest BCUT2D eigenvalue weighted by atomic mass is 16.5. The third-order valence-corrected chi connectivity index (χ3v) is 4.49. The van der Waals surface area contributed by atoms with Gasteiger partial charge < -0.3 is 19.6 Å². The standard InChI is InChI=1S/C17H29N5O3/c1-4-22(5-2)17(24)13-21-10-8-20(9-11-21)7-6-16(23)18-15-12-14(3)25-19-15/h12H,4-11,13H2,1-3H3,(H,18,19,23). The number of aromatic nitrogens is 1. The largest absolute Gasteiger partial charge is 0.360 e. The van der Waals surface area contributed by atoms with Gasteiger partial charge in [0.05, 0.1) is 6.54 Å². The molecule has 1 aromatic rings. The van der Waals surface area contributed by atoms with Gasteiger partial charge in [0.1, 0.15) is 5.76 Å². The second-order valence-electron chi connectivity index (χ2n) is 6.30. The zero-order chi connectivity index (χ0) is 18.2. The second-order valence-corrected chi connectivity index (χ2v) is 6.30. The van der Waals surface area contributed by atoms with Gasteiger partial charge in [-0.1, -0.05) is 5.16 Å². The summed E-state index contributed by atoms with van der Waals surface area (Å²) in [6.07, 6.45) is 0.421. The number of nitrogens with zero attached hydrogens (tertiary/aromatic N) is 4. The lowest BCUT2D eigenvalue weighted by atomic mass is 10.2. The minimum Gasteiger partial charge on any atom is -0.360 e. The number of carbonyl (C=O) groups excluding carboxylic acids is 2. The Morgan fingerprint density at radius 1 is 1.20 bits per heavy atom. The average molecular weight is 351 g/mol. The zero-order valence-corrected chi connectivity index (χ0v) is 15.5. The van der Waals surface area contributed by atoms with Gasteiger partial charge in [0, 0.05) is 58.3 Å². The molecule has 0 radical (unpaired) electrons. The van der Waals surface area contributed by atoms with E-state index in [9.17, 15) is 9.59 Å². The van der Waals surface area contributed by atoms with Crippen LogP contribution in [0.1, 0.15) is 26.0 Å². The van der Waals surface area contributed by atoms with E-state index in [0.29, 0.717) is 31.1 Å². The molecule has 1 aliphatic rings. The minimum absolute atomic E-state index is 0.0626. The number of rotatable bonds is 8. The second kappa shape index (κ2) is 9.53. The summed E-state index contributed by atoms with van der Waals surface area (Å²) in [7, 11) is 0. The first-order valence-corrected chi connectivity index (χ1v) is 8.97. The Kier molecular flexibility index (Phi) is 7.39. The average Bonchev–Trinajstić information content (AvgIpc) is 3.00. The smallest absolute Gasteiger partial charge is 0.236 e. The van der Waals surface area contributed by atoms with Crippen LogP contribution in [0.4, 0.5) is 5.82 Å². The molecule has 2 amide bonds. The topological polar surface area (TPSA) is 81.9 Å². The summed E-state index contributed by atoms with van der Waals surface area (Å²) in [4.78, 5) is 30.4. The van der Waals surface area contributed by atoms with Crippen molar-refractivity contribution in [2.75, 3.05) is 57.7 Å². The van der Waals surface area contributed by atoms with Crippen LogP contribution in [0.3, 0.4) is 0 Å². The van der Waals surface area contributed by atoms with Gasteiger partial charge in [-0.05, 0) is 20.8 Å². The highest BCUT2D eigenvalue weighted by Gasteiger charge is 2.21. The molecule has 1 aromatic heterocycles. The molecule has 0 unspecified atom stereocenters. The van der Waals surface area contributed by atoms with Crippen LogP contribution in [0.5, 0.6) is 0 Å². The van der Waals surface area contributed by atoms with Crippen LogP contribution in [-0.2, 0) is 9.59 Å². The molecule has 1 fully saturated rings. The third-order valence-electron chi connectivity index (χ3n) is 4.49. The van der Waals surface area contributed by atoms with Crippen molar-refractivity contribution < 1.29 is 14.1 Å². The van der Waals surface area contributed by atoms with E-state index in [-0.39, 0.29) is 11.8 Å². The summed E-state index contributed by atoms with van der Waals surface area (Å²) in [5.41, 5.74) is 0. The van der Waals surface area contributed by atoms with Crippen LogP contribution in [-0.4, -0.2) is 84.0 Å². The number of likely N-dealkylation sites (N-methyl/N-ethyl adjacent to an activating group) is 1. The third kappa shape index (κ3) is 6.13. The van der Waals surface area contributed by atoms with Crippen LogP contribution in [0.25, 0.3) is 0 Å². The fourth-order valence-corrected chi connectivity index (χ4v) is 2.93. The predicted molar refractivity (Wildman–Crippen MR) is 95.3 cm³/mol. The van der Waals surface area contributed by atoms with Gasteiger partial charge in [-0.15, -0.1) is 0 Å². The lowest BCUT2D eigenvalue weighted by molar-refractivity contribution is -0.132. The Labute approximate surface area is 149 Å². The van der Waals surface area contributed by atoms with Gasteiger partial charge in [0.15, 0.2) is 5.82 Å². The summed E-state index contributed by atoms with van der Waals surface area (Å²) in [5.74, 6) is 1.26. The van der Waals surface area contributed by atoms with Crippen LogP contribution in [0, 0.1) is 6.92 Å². The van der Waals surface area contributed by atoms with Crippen molar-refractivity contribution in [3.63, 3.8) is 0 Å². The fraction of sp³-hybridized carbons (Fsp3) is 0.706. The zero-order valence-electron chi connectivity index (χ0n) is 15.5. The lowest BCUT2D eigenvalue weighted by Crippen LogP contribution is -2.50. The molecule has 0 aliphatic carbocycles. The Balaban J connectivity index is 1.65. The summed E-state index contributed by atoms with van der Waals surface area (Å²) in [6, 6.07) is 1.70. The molecule has 1 N–H and O–H groups in total. The van der Waals surface area contributed by atoms with Gasteiger partial charge in [-0.2, -0.15) is 0 Å². The lowest BCUT2D eigenvalue weighted by Gasteiger charge is -2.35. The Bertz CT molecular complexity index is 562. The van der Waals surface area contributed by atoms with E-state index in [1.54, 1.807) is 13.0 Å². The van der Waals surface area contributed by atoms with Crippen molar-refractivity contribution in [2.45, 2.75) is 27.2 Å². The van der Waals surface area contributed by atoms with E-state index in [0.717, 1.165) is 39.3 Å². The highest BCUT2D eigenvalue weighted by molar-refractivity contribution is 5.89. The Hall–Kier alpha value is -1.93. The van der Waals surface area contributed by atoms with Gasteiger partial charge in [-0.3, -0.25) is 14.5 Å². The van der Waals surface area contributed by atoms with Crippen molar-refractivity contribution in [3.05, 3.63) is 11.8 Å². The molecule has 0 spiro atoms. The van der Waals surface area contributed by atoms with E-state index >= 15 is 0 Å². The maximum atomic E-state index is 12.1. The SMILES string of the molecule is CCN(CC)C(=O)CN1CCN(CCC(=O)Nc2cc(C)on2)CC1. The summed E-state index contributed by atoms with van der Waals surface area (Å²) in [6.45, 7) is 12.0. The van der Waals surface area contributed by atoms with Crippen molar-refractivity contribution in [2.24, 2.45) is 0 Å². The molecule has 0 aromatic carbocycles. The maximum absolute atomic E-state index is 12.1. The number of hydrogen-bond donors (Lipinski definition) is 1. The molecule has 1 aliphatic heterocycles. The summed E-state index contributed by atoms with van der Waals surface area (Å²) < 4.78 is 4.92. The van der Waals surface area contributed by atoms with Gasteiger partial charge in [0.25, 0.3) is 0 Å². The van der Waals surface area contributed by atoms with Gasteiger partial charge in [0.2, 0.25) is 11.8 Å².